The summed E-state index contributed by atoms with van der Waals surface area (Å²) < 4.78 is 5.86. The van der Waals surface area contributed by atoms with E-state index in [1.165, 1.54) is 0 Å². The molecule has 168 valence electrons. The van der Waals surface area contributed by atoms with Crippen molar-refractivity contribution in [2.24, 2.45) is 0 Å². The standard InChI is InChI=1S/C27H21N3O4/c1-15-7-10-17(11-8-15)25(32)26-24(19-5-3-4-6-23(19)34-26)28-27(33)21-14-20(29-30-21)18-12-9-16(2)13-22(18)31/h3-14,31H,1-2H3,(H,28,33)(H,29,30). The number of fused-ring (bicyclic) bond motifs is 1. The summed E-state index contributed by atoms with van der Waals surface area (Å²) in [5.74, 6) is -0.698. The molecule has 2 aromatic heterocycles. The van der Waals surface area contributed by atoms with Crippen LogP contribution in [0.15, 0.2) is 77.2 Å². The minimum absolute atomic E-state index is 0.0503. The van der Waals surface area contributed by atoms with E-state index in [1.807, 2.05) is 38.1 Å². The summed E-state index contributed by atoms with van der Waals surface area (Å²) in [5.41, 5.74) is 4.29. The first-order chi connectivity index (χ1) is 16.4. The maximum atomic E-state index is 13.2. The third kappa shape index (κ3) is 3.84. The number of aromatic amines is 1. The molecule has 0 aliphatic rings. The molecule has 5 rings (SSSR count). The Kier molecular flexibility index (Phi) is 5.22. The van der Waals surface area contributed by atoms with Crippen LogP contribution < -0.4 is 5.32 Å². The van der Waals surface area contributed by atoms with Crippen LogP contribution in [0.5, 0.6) is 5.75 Å². The Morgan fingerprint density at radius 3 is 2.44 bits per heavy atom. The third-order valence-electron chi connectivity index (χ3n) is 5.61. The fourth-order valence-electron chi connectivity index (χ4n) is 3.78. The lowest BCUT2D eigenvalue weighted by atomic mass is 10.1. The topological polar surface area (TPSA) is 108 Å². The van der Waals surface area contributed by atoms with Crippen molar-refractivity contribution in [1.82, 2.24) is 10.2 Å². The van der Waals surface area contributed by atoms with Crippen LogP contribution in [0.2, 0.25) is 0 Å². The maximum absolute atomic E-state index is 13.2. The van der Waals surface area contributed by atoms with Crippen molar-refractivity contribution in [2.45, 2.75) is 13.8 Å². The lowest BCUT2D eigenvalue weighted by molar-refractivity contribution is 0.101. The van der Waals surface area contributed by atoms with Crippen LogP contribution in [-0.2, 0) is 0 Å². The smallest absolute Gasteiger partial charge is 0.273 e. The number of amides is 1. The van der Waals surface area contributed by atoms with Gasteiger partial charge in [-0.15, -0.1) is 0 Å². The van der Waals surface area contributed by atoms with Crippen molar-refractivity contribution >= 4 is 28.3 Å². The van der Waals surface area contributed by atoms with E-state index in [0.29, 0.717) is 33.5 Å². The number of phenols is 1. The monoisotopic (exact) mass is 451 g/mol. The Bertz CT molecular complexity index is 1540. The van der Waals surface area contributed by atoms with Gasteiger partial charge >= 0.3 is 0 Å². The molecular formula is C27H21N3O4. The van der Waals surface area contributed by atoms with Gasteiger partial charge in [-0.1, -0.05) is 48.0 Å². The highest BCUT2D eigenvalue weighted by Crippen LogP contribution is 2.33. The van der Waals surface area contributed by atoms with Gasteiger partial charge in [0, 0.05) is 16.5 Å². The van der Waals surface area contributed by atoms with Gasteiger partial charge in [-0.05, 0) is 49.7 Å². The normalized spacial score (nSPS) is 11.0. The number of H-pyrrole nitrogens is 1. The second-order valence-corrected chi connectivity index (χ2v) is 8.14. The van der Waals surface area contributed by atoms with Gasteiger partial charge in [-0.3, -0.25) is 14.7 Å². The number of nitrogens with zero attached hydrogens (tertiary/aromatic N) is 1. The number of para-hydroxylation sites is 1. The van der Waals surface area contributed by atoms with E-state index in [0.717, 1.165) is 11.1 Å². The Labute approximate surface area is 195 Å². The number of nitrogens with one attached hydrogen (secondary N) is 2. The molecule has 3 aromatic carbocycles. The summed E-state index contributed by atoms with van der Waals surface area (Å²) in [7, 11) is 0. The van der Waals surface area contributed by atoms with Crippen molar-refractivity contribution in [3.8, 4) is 17.0 Å². The number of carbonyl (C=O) groups is 2. The van der Waals surface area contributed by atoms with Gasteiger partial charge in [0.05, 0.1) is 11.4 Å². The molecule has 34 heavy (non-hydrogen) atoms. The molecule has 0 bridgehead atoms. The largest absolute Gasteiger partial charge is 0.507 e. The Hall–Kier alpha value is -4.65. The van der Waals surface area contributed by atoms with Crippen molar-refractivity contribution in [3.05, 3.63) is 101 Å². The van der Waals surface area contributed by atoms with Gasteiger partial charge in [-0.2, -0.15) is 5.10 Å². The molecule has 5 aromatic rings. The SMILES string of the molecule is Cc1ccc(C(=O)c2oc3ccccc3c2NC(=O)c2cc(-c3ccc(C)cc3O)n[nH]2)cc1. The molecule has 0 fully saturated rings. The fraction of sp³-hybridized carbons (Fsp3) is 0.0741. The van der Waals surface area contributed by atoms with Crippen molar-refractivity contribution in [1.29, 1.82) is 0 Å². The maximum Gasteiger partial charge on any atom is 0.273 e. The van der Waals surface area contributed by atoms with Crippen LogP contribution in [0.4, 0.5) is 5.69 Å². The molecule has 0 aliphatic carbocycles. The zero-order valence-corrected chi connectivity index (χ0v) is 18.5. The third-order valence-corrected chi connectivity index (χ3v) is 5.61. The molecule has 0 spiro atoms. The first-order valence-electron chi connectivity index (χ1n) is 10.7. The average Bonchev–Trinajstić information content (AvgIpc) is 3.45. The van der Waals surface area contributed by atoms with Gasteiger partial charge < -0.3 is 14.8 Å². The Morgan fingerprint density at radius 1 is 0.941 bits per heavy atom. The van der Waals surface area contributed by atoms with E-state index in [9.17, 15) is 14.7 Å². The first kappa shape index (κ1) is 21.2. The van der Waals surface area contributed by atoms with Gasteiger partial charge in [0.25, 0.3) is 5.91 Å². The number of ketones is 1. The molecule has 0 saturated heterocycles. The number of benzene rings is 3. The van der Waals surface area contributed by atoms with Crippen molar-refractivity contribution in [3.63, 3.8) is 0 Å². The molecule has 1 amide bonds. The highest BCUT2D eigenvalue weighted by Gasteiger charge is 2.24. The number of anilines is 1. The number of phenolic OH excluding ortho intramolecular Hbond substituents is 1. The molecule has 0 saturated carbocycles. The van der Waals surface area contributed by atoms with Crippen LogP contribution in [0, 0.1) is 13.8 Å². The van der Waals surface area contributed by atoms with E-state index >= 15 is 0 Å². The number of rotatable bonds is 5. The lowest BCUT2D eigenvalue weighted by Gasteiger charge is -2.05. The zero-order chi connectivity index (χ0) is 23.8. The minimum atomic E-state index is -0.491. The van der Waals surface area contributed by atoms with E-state index < -0.39 is 5.91 Å². The van der Waals surface area contributed by atoms with Gasteiger partial charge in [0.1, 0.15) is 17.0 Å². The minimum Gasteiger partial charge on any atom is -0.507 e. The van der Waals surface area contributed by atoms with Gasteiger partial charge in [0.15, 0.2) is 5.76 Å². The zero-order valence-electron chi connectivity index (χ0n) is 18.5. The first-order valence-corrected chi connectivity index (χ1v) is 10.7. The molecule has 7 nitrogen and oxygen atoms in total. The predicted octanol–water partition coefficient (Wildman–Crippen LogP) is 5.63. The number of aryl methyl sites for hydroxylation is 2. The van der Waals surface area contributed by atoms with Crippen LogP contribution in [0.1, 0.15) is 37.7 Å². The van der Waals surface area contributed by atoms with E-state index in [4.69, 9.17) is 4.42 Å². The molecule has 0 aliphatic heterocycles. The fourth-order valence-corrected chi connectivity index (χ4v) is 3.78. The highest BCUT2D eigenvalue weighted by molar-refractivity contribution is 6.18. The van der Waals surface area contributed by atoms with Gasteiger partial charge in [0.2, 0.25) is 5.78 Å². The van der Waals surface area contributed by atoms with Gasteiger partial charge in [-0.25, -0.2) is 0 Å². The number of furan rings is 1. The quantitative estimate of drug-likeness (QED) is 0.300. The molecule has 2 heterocycles. The molecule has 0 unspecified atom stereocenters. The number of carbonyl (C=O) groups excluding carboxylic acids is 2. The summed E-state index contributed by atoms with van der Waals surface area (Å²) in [6.45, 7) is 3.81. The lowest BCUT2D eigenvalue weighted by Crippen LogP contribution is -2.14. The van der Waals surface area contributed by atoms with E-state index in [-0.39, 0.29) is 23.0 Å². The highest BCUT2D eigenvalue weighted by atomic mass is 16.3. The average molecular weight is 451 g/mol. The van der Waals surface area contributed by atoms with Crippen molar-refractivity contribution < 1.29 is 19.1 Å². The molecule has 0 atom stereocenters. The number of hydrogen-bond acceptors (Lipinski definition) is 5. The van der Waals surface area contributed by atoms with Crippen molar-refractivity contribution in [2.75, 3.05) is 5.32 Å². The second kappa shape index (κ2) is 8.37. The molecule has 0 radical (unpaired) electrons. The van der Waals surface area contributed by atoms with E-state index in [1.54, 1.807) is 48.5 Å². The van der Waals surface area contributed by atoms with Crippen LogP contribution in [0.25, 0.3) is 22.2 Å². The molecular weight excluding hydrogens is 430 g/mol. The van der Waals surface area contributed by atoms with E-state index in [2.05, 4.69) is 15.5 Å². The summed E-state index contributed by atoms with van der Waals surface area (Å²) in [5, 5.41) is 20.5. The van der Waals surface area contributed by atoms with Crippen LogP contribution >= 0.6 is 0 Å². The summed E-state index contributed by atoms with van der Waals surface area (Å²) in [4.78, 5) is 26.3. The van der Waals surface area contributed by atoms with Crippen LogP contribution in [-0.4, -0.2) is 27.0 Å². The summed E-state index contributed by atoms with van der Waals surface area (Å²) in [6, 6.07) is 21.0. The molecule has 7 heteroatoms. The Morgan fingerprint density at radius 2 is 1.68 bits per heavy atom. The summed E-state index contributed by atoms with van der Waals surface area (Å²) in [6.07, 6.45) is 0. The predicted molar refractivity (Wildman–Crippen MR) is 129 cm³/mol. The number of aromatic nitrogens is 2. The van der Waals surface area contributed by atoms with Crippen LogP contribution in [0.3, 0.4) is 0 Å². The number of aromatic hydroxyl groups is 1. The number of hydrogen-bond donors (Lipinski definition) is 3. The summed E-state index contributed by atoms with van der Waals surface area (Å²) >= 11 is 0. The molecule has 3 N–H and O–H groups in total. The Balaban J connectivity index is 1.50. The second-order valence-electron chi connectivity index (χ2n) is 8.14.